The molecule has 1 saturated heterocycles. The van der Waals surface area contributed by atoms with Crippen LogP contribution in [-0.2, 0) is 35.1 Å². The van der Waals surface area contributed by atoms with E-state index in [-0.39, 0.29) is 31.9 Å². The van der Waals surface area contributed by atoms with Gasteiger partial charge in [-0.1, -0.05) is 26.8 Å². The third-order valence-electron chi connectivity index (χ3n) is 10.6. The zero-order chi connectivity index (χ0) is 39.7. The molecule has 1 aromatic heterocycles. The number of carbonyl (C=O) groups is 5. The van der Waals surface area contributed by atoms with Crippen LogP contribution >= 0.6 is 11.3 Å². The molecular formula is C40H48N4O10S. The molecule has 2 saturated carbocycles. The second kappa shape index (κ2) is 15.9. The second-order valence-electron chi connectivity index (χ2n) is 15.5. The number of carboxylic acids is 1. The zero-order valence-electron chi connectivity index (χ0n) is 31.7. The topological polar surface area (TPSA) is 183 Å². The van der Waals surface area contributed by atoms with Crippen LogP contribution in [0.1, 0.15) is 64.3 Å². The van der Waals surface area contributed by atoms with Crippen molar-refractivity contribution in [2.75, 3.05) is 20.8 Å². The molecule has 14 nitrogen and oxygen atoms in total. The van der Waals surface area contributed by atoms with Gasteiger partial charge in [0.1, 0.15) is 46.3 Å². The monoisotopic (exact) mass is 776 g/mol. The number of alkyl carbamates (subject to hydrolysis) is 1. The standard InChI is InChI=1S/C40H48N4O10S/c1-7-24-19-40(24,37(48)49)43-35(46)30-17-27(20-44(30)36(47)34(39(2,3)4)42-38(50)54-25-10-8-9-11-25)53-31-16-23(14-22-15-26(51-5)12-13-28(22)31)29-21-55-32(41-29)18-33(45)52-6/h7,12-16,21,24-25,27,30,34H,1,8-11,17-20H2,2-6H3,(H,42,50)(H,43,46)(H,48,49)/t24-,27-,30+,34-,40?/m1/s1. The van der Waals surface area contributed by atoms with Crippen molar-refractivity contribution in [3.63, 3.8) is 0 Å². The number of nitrogens with zero attached hydrogens (tertiary/aromatic N) is 2. The van der Waals surface area contributed by atoms with Crippen LogP contribution in [0.3, 0.4) is 0 Å². The van der Waals surface area contributed by atoms with Crippen LogP contribution in [0.25, 0.3) is 22.0 Å². The van der Waals surface area contributed by atoms with Crippen LogP contribution in [-0.4, -0.2) is 95.4 Å². The van der Waals surface area contributed by atoms with E-state index < -0.39 is 64.9 Å². The number of amides is 3. The minimum Gasteiger partial charge on any atom is -0.497 e. The van der Waals surface area contributed by atoms with E-state index in [0.717, 1.165) is 36.5 Å². The number of methoxy groups -OCH3 is 2. The fourth-order valence-corrected chi connectivity index (χ4v) is 8.19. The Morgan fingerprint density at radius 2 is 1.85 bits per heavy atom. The molecule has 0 spiro atoms. The van der Waals surface area contributed by atoms with E-state index in [1.807, 2.05) is 50.4 Å². The van der Waals surface area contributed by atoms with Crippen LogP contribution < -0.4 is 20.1 Å². The number of thiazole rings is 1. The summed E-state index contributed by atoms with van der Waals surface area (Å²) in [7, 11) is 2.89. The summed E-state index contributed by atoms with van der Waals surface area (Å²) in [6.45, 7) is 9.12. The first kappa shape index (κ1) is 39.5. The van der Waals surface area contributed by atoms with Crippen molar-refractivity contribution in [1.29, 1.82) is 0 Å². The van der Waals surface area contributed by atoms with Crippen LogP contribution in [0.5, 0.6) is 11.5 Å². The molecule has 2 aromatic carbocycles. The van der Waals surface area contributed by atoms with Crippen molar-refractivity contribution in [2.45, 2.75) is 95.5 Å². The fraction of sp³-hybridized carbons (Fsp3) is 0.500. The molecule has 2 aliphatic carbocycles. The molecule has 6 rings (SSSR count). The predicted molar refractivity (Wildman–Crippen MR) is 204 cm³/mol. The number of nitrogens with one attached hydrogen (secondary N) is 2. The Bertz CT molecular complexity index is 1990. The van der Waals surface area contributed by atoms with Gasteiger partial charge in [0.25, 0.3) is 0 Å². The SMILES string of the molecule is C=C[C@@H]1CC1(NC(=O)[C@@H]1C[C@@H](Oc2cc(-c3csc(CC(=O)OC)n3)cc3cc(OC)ccc23)CN1C(=O)[C@@H](NC(=O)OC1CCCC1)C(C)(C)C)C(=O)O. The molecule has 15 heteroatoms. The third-order valence-corrected chi connectivity index (χ3v) is 11.5. The van der Waals surface area contributed by atoms with E-state index in [1.54, 1.807) is 13.2 Å². The molecular weight excluding hydrogens is 729 g/mol. The van der Waals surface area contributed by atoms with Gasteiger partial charge in [0.2, 0.25) is 11.8 Å². The molecule has 1 unspecified atom stereocenters. The van der Waals surface area contributed by atoms with E-state index >= 15 is 0 Å². The summed E-state index contributed by atoms with van der Waals surface area (Å²) < 4.78 is 22.6. The van der Waals surface area contributed by atoms with Crippen LogP contribution in [0.2, 0.25) is 0 Å². The van der Waals surface area contributed by atoms with Gasteiger partial charge in [-0.3, -0.25) is 14.4 Å². The summed E-state index contributed by atoms with van der Waals surface area (Å²) in [5.41, 5.74) is -0.998. The Morgan fingerprint density at radius 1 is 1.11 bits per heavy atom. The van der Waals surface area contributed by atoms with Crippen molar-refractivity contribution >= 4 is 52.0 Å². The molecule has 3 N–H and O–H groups in total. The number of hydrogen-bond acceptors (Lipinski definition) is 11. The number of carboxylic acid groups (broad SMARTS) is 1. The number of ether oxygens (including phenoxy) is 4. The minimum absolute atomic E-state index is 0.0285. The van der Waals surface area contributed by atoms with Crippen LogP contribution in [0.15, 0.2) is 48.4 Å². The summed E-state index contributed by atoms with van der Waals surface area (Å²) >= 11 is 1.32. The predicted octanol–water partition coefficient (Wildman–Crippen LogP) is 5.26. The number of rotatable bonds is 13. The molecule has 3 amide bonds. The van der Waals surface area contributed by atoms with E-state index in [4.69, 9.17) is 18.9 Å². The molecule has 0 bridgehead atoms. The highest BCUT2D eigenvalue weighted by Crippen LogP contribution is 2.45. The Balaban J connectivity index is 1.32. The summed E-state index contributed by atoms with van der Waals surface area (Å²) in [6, 6.07) is 7.07. The lowest BCUT2D eigenvalue weighted by Crippen LogP contribution is -2.59. The lowest BCUT2D eigenvalue weighted by Gasteiger charge is -2.35. The summed E-state index contributed by atoms with van der Waals surface area (Å²) in [5, 5.41) is 19.5. The summed E-state index contributed by atoms with van der Waals surface area (Å²) in [4.78, 5) is 72.1. The highest BCUT2D eigenvalue weighted by atomic mass is 32.1. The van der Waals surface area contributed by atoms with Gasteiger partial charge in [-0.15, -0.1) is 17.9 Å². The van der Waals surface area contributed by atoms with Gasteiger partial charge in [0.05, 0.1) is 32.9 Å². The quantitative estimate of drug-likeness (QED) is 0.152. The molecule has 1 aliphatic heterocycles. The molecule has 2 heterocycles. The zero-order valence-corrected chi connectivity index (χ0v) is 32.5. The molecule has 3 aliphatic rings. The maximum Gasteiger partial charge on any atom is 0.408 e. The normalized spacial score (nSPS) is 22.8. The van der Waals surface area contributed by atoms with Crippen molar-refractivity contribution in [2.24, 2.45) is 11.3 Å². The van der Waals surface area contributed by atoms with E-state index in [1.165, 1.54) is 29.4 Å². The number of carbonyl (C=O) groups excluding carboxylic acids is 4. The Hall–Kier alpha value is -5.18. The van der Waals surface area contributed by atoms with Crippen LogP contribution in [0.4, 0.5) is 4.79 Å². The Labute approximate surface area is 323 Å². The number of hydrogen-bond donors (Lipinski definition) is 3. The van der Waals surface area contributed by atoms with Gasteiger partial charge in [0.15, 0.2) is 0 Å². The largest absolute Gasteiger partial charge is 0.497 e. The van der Waals surface area contributed by atoms with E-state index in [0.29, 0.717) is 27.8 Å². The van der Waals surface area contributed by atoms with E-state index in [2.05, 4.69) is 22.2 Å². The number of benzene rings is 2. The lowest BCUT2D eigenvalue weighted by atomic mass is 9.85. The molecule has 294 valence electrons. The fourth-order valence-electron chi connectivity index (χ4n) is 7.40. The van der Waals surface area contributed by atoms with Crippen molar-refractivity contribution in [1.82, 2.24) is 20.5 Å². The minimum atomic E-state index is -1.52. The van der Waals surface area contributed by atoms with Gasteiger partial charge in [-0.2, -0.15) is 0 Å². The van der Waals surface area contributed by atoms with Crippen LogP contribution in [0, 0.1) is 11.3 Å². The average molecular weight is 777 g/mol. The van der Waals surface area contributed by atoms with Gasteiger partial charge in [-0.25, -0.2) is 14.6 Å². The second-order valence-corrected chi connectivity index (χ2v) is 16.4. The number of esters is 1. The Morgan fingerprint density at radius 3 is 2.49 bits per heavy atom. The van der Waals surface area contributed by atoms with Gasteiger partial charge in [0, 0.05) is 28.7 Å². The number of fused-ring (bicyclic) bond motifs is 1. The maximum absolute atomic E-state index is 14.6. The molecule has 3 fully saturated rings. The smallest absolute Gasteiger partial charge is 0.408 e. The van der Waals surface area contributed by atoms with E-state index in [9.17, 15) is 29.1 Å². The first-order chi connectivity index (χ1) is 26.1. The number of aromatic nitrogens is 1. The van der Waals surface area contributed by atoms with Crippen molar-refractivity contribution < 1.29 is 48.0 Å². The maximum atomic E-state index is 14.6. The highest BCUT2D eigenvalue weighted by Gasteiger charge is 2.61. The van der Waals surface area contributed by atoms with Crippen molar-refractivity contribution in [3.05, 3.63) is 53.4 Å². The molecule has 0 radical (unpaired) electrons. The lowest BCUT2D eigenvalue weighted by molar-refractivity contribution is -0.146. The molecule has 5 atom stereocenters. The van der Waals surface area contributed by atoms with Gasteiger partial charge in [-0.05, 0) is 73.2 Å². The summed E-state index contributed by atoms with van der Waals surface area (Å²) in [5.74, 6) is -2.15. The number of aliphatic carboxylic acids is 1. The molecule has 3 aromatic rings. The first-order valence-corrected chi connectivity index (χ1v) is 19.3. The Kier molecular flexibility index (Phi) is 11.4. The average Bonchev–Trinajstić information content (AvgIpc) is 3.56. The van der Waals surface area contributed by atoms with Gasteiger partial charge < -0.3 is 39.6 Å². The highest BCUT2D eigenvalue weighted by molar-refractivity contribution is 7.10. The van der Waals surface area contributed by atoms with Crippen molar-refractivity contribution in [3.8, 4) is 22.8 Å². The first-order valence-electron chi connectivity index (χ1n) is 18.4. The number of likely N-dealkylation sites (tertiary alicyclic amines) is 1. The third kappa shape index (κ3) is 8.56. The van der Waals surface area contributed by atoms with Gasteiger partial charge >= 0.3 is 18.0 Å². The molecule has 55 heavy (non-hydrogen) atoms. The summed E-state index contributed by atoms with van der Waals surface area (Å²) in [6.07, 6.45) is 3.53.